The Morgan fingerprint density at radius 2 is 2.00 bits per heavy atom. The molecule has 0 bridgehead atoms. The minimum absolute atomic E-state index is 0.131. The highest BCUT2D eigenvalue weighted by Gasteiger charge is 2.09. The molecule has 2 aromatic rings. The van der Waals surface area contributed by atoms with Gasteiger partial charge in [0.1, 0.15) is 5.75 Å². The van der Waals surface area contributed by atoms with Gasteiger partial charge in [0, 0.05) is 10.9 Å². The molecular formula is C15H18N4O3S. The van der Waals surface area contributed by atoms with Crippen molar-refractivity contribution in [2.75, 3.05) is 25.0 Å². The third kappa shape index (κ3) is 5.04. The molecule has 0 aliphatic rings. The molecule has 0 saturated heterocycles. The predicted octanol–water partition coefficient (Wildman–Crippen LogP) is 1.22. The van der Waals surface area contributed by atoms with Crippen molar-refractivity contribution in [2.45, 2.75) is 6.92 Å². The Hall–Kier alpha value is -2.45. The number of hydrogen-bond donors (Lipinski definition) is 3. The van der Waals surface area contributed by atoms with E-state index in [4.69, 9.17) is 10.5 Å². The lowest BCUT2D eigenvalue weighted by Gasteiger charge is -2.04. The van der Waals surface area contributed by atoms with Crippen molar-refractivity contribution >= 4 is 28.3 Å². The van der Waals surface area contributed by atoms with Crippen LogP contribution >= 0.6 is 11.3 Å². The Balaban J connectivity index is 1.94. The minimum atomic E-state index is -0.380. The molecule has 0 fully saturated rings. The van der Waals surface area contributed by atoms with Crippen LogP contribution < -0.4 is 21.1 Å². The van der Waals surface area contributed by atoms with Gasteiger partial charge in [-0.05, 0) is 31.2 Å². The molecule has 0 spiro atoms. The summed E-state index contributed by atoms with van der Waals surface area (Å²) in [6.07, 6.45) is 0. The summed E-state index contributed by atoms with van der Waals surface area (Å²) >= 11 is 1.32. The molecule has 0 aliphatic heterocycles. The number of hydrogen-bond acceptors (Lipinski definition) is 6. The van der Waals surface area contributed by atoms with Gasteiger partial charge in [0.25, 0.3) is 0 Å². The number of thiazole rings is 1. The molecule has 1 aromatic heterocycles. The summed E-state index contributed by atoms with van der Waals surface area (Å²) < 4.78 is 5.39. The largest absolute Gasteiger partial charge is 0.494 e. The van der Waals surface area contributed by atoms with E-state index in [0.717, 1.165) is 17.0 Å². The molecule has 0 radical (unpaired) electrons. The van der Waals surface area contributed by atoms with Crippen LogP contribution in [0.2, 0.25) is 0 Å². The number of nitrogens with two attached hydrogens (primary N) is 1. The van der Waals surface area contributed by atoms with E-state index in [9.17, 15) is 9.59 Å². The van der Waals surface area contributed by atoms with E-state index >= 15 is 0 Å². The Morgan fingerprint density at radius 1 is 1.26 bits per heavy atom. The number of benzene rings is 1. The molecule has 0 saturated carbocycles. The van der Waals surface area contributed by atoms with Crippen molar-refractivity contribution in [3.8, 4) is 17.0 Å². The van der Waals surface area contributed by atoms with Crippen LogP contribution in [0.15, 0.2) is 29.6 Å². The van der Waals surface area contributed by atoms with Gasteiger partial charge >= 0.3 is 0 Å². The average molecular weight is 334 g/mol. The molecule has 23 heavy (non-hydrogen) atoms. The van der Waals surface area contributed by atoms with Crippen LogP contribution in [0.3, 0.4) is 0 Å². The first-order chi connectivity index (χ1) is 11.1. The summed E-state index contributed by atoms with van der Waals surface area (Å²) in [4.78, 5) is 27.0. The van der Waals surface area contributed by atoms with Gasteiger partial charge in [0.2, 0.25) is 11.8 Å². The zero-order valence-corrected chi connectivity index (χ0v) is 13.5. The van der Waals surface area contributed by atoms with Gasteiger partial charge in [-0.1, -0.05) is 0 Å². The fraction of sp³-hybridized carbons (Fsp3) is 0.267. The van der Waals surface area contributed by atoms with Crippen molar-refractivity contribution in [3.63, 3.8) is 0 Å². The number of carbonyl (C=O) groups excluding carboxylic acids is 2. The van der Waals surface area contributed by atoms with Crippen LogP contribution in [0.25, 0.3) is 11.3 Å². The van der Waals surface area contributed by atoms with E-state index in [0.29, 0.717) is 11.7 Å². The highest BCUT2D eigenvalue weighted by Crippen LogP contribution is 2.26. The van der Waals surface area contributed by atoms with Crippen molar-refractivity contribution in [1.29, 1.82) is 0 Å². The maximum atomic E-state index is 11.7. The monoisotopic (exact) mass is 334 g/mol. The minimum Gasteiger partial charge on any atom is -0.494 e. The van der Waals surface area contributed by atoms with Gasteiger partial charge < -0.3 is 21.1 Å². The SMILES string of the molecule is CCOc1ccc(-c2csc(NC(=O)CNC(=O)CN)n2)cc1. The van der Waals surface area contributed by atoms with Gasteiger partial charge in [0.05, 0.1) is 25.4 Å². The molecule has 122 valence electrons. The fourth-order valence-electron chi connectivity index (χ4n) is 1.77. The molecule has 8 heteroatoms. The van der Waals surface area contributed by atoms with Crippen molar-refractivity contribution in [2.24, 2.45) is 5.73 Å². The van der Waals surface area contributed by atoms with Gasteiger partial charge in [-0.25, -0.2) is 4.98 Å². The number of nitrogens with one attached hydrogen (secondary N) is 2. The maximum absolute atomic E-state index is 11.7. The molecule has 1 heterocycles. The van der Waals surface area contributed by atoms with E-state index in [-0.39, 0.29) is 24.9 Å². The second-order valence-electron chi connectivity index (χ2n) is 4.52. The fourth-order valence-corrected chi connectivity index (χ4v) is 2.50. The molecule has 2 amide bonds. The summed E-state index contributed by atoms with van der Waals surface area (Å²) in [6.45, 7) is 2.27. The number of rotatable bonds is 7. The normalized spacial score (nSPS) is 10.2. The summed E-state index contributed by atoms with van der Waals surface area (Å²) in [5, 5.41) is 7.35. The Morgan fingerprint density at radius 3 is 2.65 bits per heavy atom. The zero-order valence-electron chi connectivity index (χ0n) is 12.7. The zero-order chi connectivity index (χ0) is 16.7. The van der Waals surface area contributed by atoms with Crippen LogP contribution in [0.1, 0.15) is 6.92 Å². The van der Waals surface area contributed by atoms with Crippen LogP contribution in [-0.2, 0) is 9.59 Å². The smallest absolute Gasteiger partial charge is 0.245 e. The topological polar surface area (TPSA) is 106 Å². The lowest BCUT2D eigenvalue weighted by molar-refractivity contribution is -0.123. The van der Waals surface area contributed by atoms with Crippen molar-refractivity contribution < 1.29 is 14.3 Å². The van der Waals surface area contributed by atoms with E-state index in [1.165, 1.54) is 11.3 Å². The second-order valence-corrected chi connectivity index (χ2v) is 5.38. The van der Waals surface area contributed by atoms with Gasteiger partial charge in [-0.2, -0.15) is 0 Å². The number of nitrogens with zero attached hydrogens (tertiary/aromatic N) is 1. The van der Waals surface area contributed by atoms with E-state index in [1.807, 2.05) is 36.6 Å². The molecule has 7 nitrogen and oxygen atoms in total. The lowest BCUT2D eigenvalue weighted by atomic mass is 10.2. The third-order valence-corrected chi connectivity index (χ3v) is 3.60. The summed E-state index contributed by atoms with van der Waals surface area (Å²) in [5.74, 6) is 0.0735. The number of amides is 2. The summed E-state index contributed by atoms with van der Waals surface area (Å²) in [7, 11) is 0. The highest BCUT2D eigenvalue weighted by molar-refractivity contribution is 7.14. The van der Waals surface area contributed by atoms with Crippen molar-refractivity contribution in [3.05, 3.63) is 29.6 Å². The molecule has 0 unspecified atom stereocenters. The quantitative estimate of drug-likeness (QED) is 0.706. The first-order valence-electron chi connectivity index (χ1n) is 7.07. The van der Waals surface area contributed by atoms with E-state index in [2.05, 4.69) is 15.6 Å². The van der Waals surface area contributed by atoms with Crippen molar-refractivity contribution in [1.82, 2.24) is 10.3 Å². The van der Waals surface area contributed by atoms with Crippen LogP contribution in [0, 0.1) is 0 Å². The van der Waals surface area contributed by atoms with E-state index < -0.39 is 0 Å². The number of carbonyl (C=O) groups is 2. The average Bonchev–Trinajstić information content (AvgIpc) is 3.02. The summed E-state index contributed by atoms with van der Waals surface area (Å²) in [5.41, 5.74) is 6.84. The molecular weight excluding hydrogens is 316 g/mol. The van der Waals surface area contributed by atoms with Crippen LogP contribution in [0.4, 0.5) is 5.13 Å². The molecule has 0 atom stereocenters. The number of aromatic nitrogens is 1. The Labute approximate surface area is 137 Å². The predicted molar refractivity (Wildman–Crippen MR) is 89.4 cm³/mol. The van der Waals surface area contributed by atoms with Gasteiger partial charge in [0.15, 0.2) is 5.13 Å². The van der Waals surface area contributed by atoms with Gasteiger partial charge in [-0.15, -0.1) is 11.3 Å². The summed E-state index contributed by atoms with van der Waals surface area (Å²) in [6, 6.07) is 7.57. The number of ether oxygens (including phenoxy) is 1. The lowest BCUT2D eigenvalue weighted by Crippen LogP contribution is -2.36. The van der Waals surface area contributed by atoms with E-state index in [1.54, 1.807) is 0 Å². The van der Waals surface area contributed by atoms with Gasteiger partial charge in [-0.3, -0.25) is 9.59 Å². The molecule has 0 aliphatic carbocycles. The number of anilines is 1. The molecule has 4 N–H and O–H groups in total. The molecule has 2 rings (SSSR count). The van der Waals surface area contributed by atoms with Crippen LogP contribution in [0.5, 0.6) is 5.75 Å². The van der Waals surface area contributed by atoms with Crippen LogP contribution in [-0.4, -0.2) is 36.5 Å². The highest BCUT2D eigenvalue weighted by atomic mass is 32.1. The Kier molecular flexibility index (Phi) is 6.07. The maximum Gasteiger partial charge on any atom is 0.245 e. The Bertz CT molecular complexity index is 670. The first kappa shape index (κ1) is 16.9. The molecule has 1 aromatic carbocycles. The third-order valence-electron chi connectivity index (χ3n) is 2.84. The standard InChI is InChI=1S/C15H18N4O3S/c1-2-22-11-5-3-10(4-6-11)12-9-23-15(18-12)19-14(21)8-17-13(20)7-16/h3-6,9H,2,7-8,16H2,1H3,(H,17,20)(H,18,19,21). The second kappa shape index (κ2) is 8.25. The first-order valence-corrected chi connectivity index (χ1v) is 7.95.